The lowest BCUT2D eigenvalue weighted by molar-refractivity contribution is 0.104. The van der Waals surface area contributed by atoms with E-state index in [1.165, 1.54) is 11.1 Å². The van der Waals surface area contributed by atoms with E-state index in [0.717, 1.165) is 23.4 Å². The van der Waals surface area contributed by atoms with E-state index in [1.54, 1.807) is 30.3 Å². The topological polar surface area (TPSA) is 64.9 Å². The quantitative estimate of drug-likeness (QED) is 0.650. The molecule has 132 valence electrons. The number of nitrogens with zero attached hydrogens (tertiary/aromatic N) is 1. The molecule has 0 unspecified atom stereocenters. The van der Waals surface area contributed by atoms with Crippen molar-refractivity contribution < 1.29 is 4.79 Å². The van der Waals surface area contributed by atoms with Crippen molar-refractivity contribution in [1.82, 2.24) is 5.32 Å². The van der Waals surface area contributed by atoms with Crippen LogP contribution in [0.25, 0.3) is 5.70 Å². The lowest BCUT2D eigenvalue weighted by Crippen LogP contribution is -2.44. The molecule has 0 spiro atoms. The molecule has 0 bridgehead atoms. The van der Waals surface area contributed by atoms with Crippen LogP contribution in [0, 0.1) is 18.3 Å². The number of allylic oxidation sites excluding steroid dienone is 1. The molecule has 0 amide bonds. The monoisotopic (exact) mass is 345 g/mol. The molecule has 1 aliphatic heterocycles. The second-order valence-electron chi connectivity index (χ2n) is 7.37. The molecule has 0 fully saturated rings. The Bertz CT molecular complexity index is 931. The van der Waals surface area contributed by atoms with Crippen LogP contribution in [0.1, 0.15) is 46.5 Å². The zero-order valence-electron chi connectivity index (χ0n) is 15.6. The number of hydrogen-bond acceptors (Lipinski definition) is 4. The number of hydrogen-bond donors (Lipinski definition) is 2. The number of carbonyl (C=O) groups is 1. The van der Waals surface area contributed by atoms with Gasteiger partial charge in [-0.05, 0) is 68.7 Å². The third-order valence-electron chi connectivity index (χ3n) is 4.69. The molecule has 3 rings (SSSR count). The van der Waals surface area contributed by atoms with E-state index in [1.807, 2.05) is 7.05 Å². The third-order valence-corrected chi connectivity index (χ3v) is 4.69. The van der Waals surface area contributed by atoms with Crippen LogP contribution >= 0.6 is 0 Å². The molecule has 0 saturated carbocycles. The van der Waals surface area contributed by atoms with Crippen LogP contribution in [0.5, 0.6) is 0 Å². The maximum atomic E-state index is 12.7. The SMILES string of the molecule is CNc1cc2c(cc1C)CC(C)(C)N/C2=C\C(=O)c1ccc(C#N)cc1. The van der Waals surface area contributed by atoms with Crippen molar-refractivity contribution in [3.8, 4) is 6.07 Å². The van der Waals surface area contributed by atoms with Crippen LogP contribution in [0.15, 0.2) is 42.5 Å². The maximum Gasteiger partial charge on any atom is 0.187 e. The van der Waals surface area contributed by atoms with Gasteiger partial charge < -0.3 is 10.6 Å². The highest BCUT2D eigenvalue weighted by Crippen LogP contribution is 2.33. The lowest BCUT2D eigenvalue weighted by atomic mass is 9.84. The molecule has 2 aromatic carbocycles. The third kappa shape index (κ3) is 3.48. The maximum absolute atomic E-state index is 12.7. The van der Waals surface area contributed by atoms with Crippen molar-refractivity contribution >= 4 is 17.2 Å². The molecule has 2 aromatic rings. The van der Waals surface area contributed by atoms with Crippen LogP contribution in [0.2, 0.25) is 0 Å². The molecule has 4 nitrogen and oxygen atoms in total. The van der Waals surface area contributed by atoms with Crippen molar-refractivity contribution in [1.29, 1.82) is 5.26 Å². The van der Waals surface area contributed by atoms with E-state index in [9.17, 15) is 4.79 Å². The number of carbonyl (C=O) groups excluding carboxylic acids is 1. The molecule has 2 N–H and O–H groups in total. The number of anilines is 1. The summed E-state index contributed by atoms with van der Waals surface area (Å²) in [5.41, 5.74) is 6.38. The van der Waals surface area contributed by atoms with E-state index >= 15 is 0 Å². The molecular formula is C22H23N3O. The van der Waals surface area contributed by atoms with E-state index in [-0.39, 0.29) is 11.3 Å². The summed E-state index contributed by atoms with van der Waals surface area (Å²) in [6, 6.07) is 13.1. The summed E-state index contributed by atoms with van der Waals surface area (Å²) in [4.78, 5) is 12.7. The van der Waals surface area contributed by atoms with Gasteiger partial charge in [0.15, 0.2) is 5.78 Å². The molecule has 26 heavy (non-hydrogen) atoms. The second kappa shape index (κ2) is 6.68. The predicted octanol–water partition coefficient (Wildman–Crippen LogP) is 4.06. The summed E-state index contributed by atoms with van der Waals surface area (Å²) in [6.07, 6.45) is 2.56. The van der Waals surface area contributed by atoms with Crippen LogP contribution in [0.4, 0.5) is 5.69 Å². The van der Waals surface area contributed by atoms with Gasteiger partial charge in [-0.2, -0.15) is 5.26 Å². The first-order valence-electron chi connectivity index (χ1n) is 8.69. The lowest BCUT2D eigenvalue weighted by Gasteiger charge is -2.36. The number of aryl methyl sites for hydroxylation is 1. The molecular weight excluding hydrogens is 322 g/mol. The van der Waals surface area contributed by atoms with Gasteiger partial charge in [-0.3, -0.25) is 4.79 Å². The first kappa shape index (κ1) is 17.8. The Kier molecular flexibility index (Phi) is 4.56. The Hall–Kier alpha value is -3.06. The standard InChI is InChI=1S/C22H23N3O/c1-14-9-17-12-22(2,3)25-20(18(17)10-19(14)24-4)11-21(26)16-7-5-15(13-23)6-8-16/h5-11,24-25H,12H2,1-4H3/b20-11-. The highest BCUT2D eigenvalue weighted by molar-refractivity contribution is 6.08. The summed E-state index contributed by atoms with van der Waals surface area (Å²) in [6.45, 7) is 6.36. The summed E-state index contributed by atoms with van der Waals surface area (Å²) >= 11 is 0. The van der Waals surface area contributed by atoms with Gasteiger partial charge in [0.05, 0.1) is 11.6 Å². The van der Waals surface area contributed by atoms with E-state index in [4.69, 9.17) is 5.26 Å². The van der Waals surface area contributed by atoms with Gasteiger partial charge in [-0.1, -0.05) is 6.07 Å². The van der Waals surface area contributed by atoms with Crippen molar-refractivity contribution in [2.24, 2.45) is 0 Å². The van der Waals surface area contributed by atoms with Gasteiger partial charge in [0.1, 0.15) is 0 Å². The fourth-order valence-electron chi connectivity index (χ4n) is 3.42. The summed E-state index contributed by atoms with van der Waals surface area (Å²) in [5.74, 6) is -0.0766. The number of benzene rings is 2. The Morgan fingerprint density at radius 3 is 2.58 bits per heavy atom. The summed E-state index contributed by atoms with van der Waals surface area (Å²) in [7, 11) is 1.90. The normalized spacial score (nSPS) is 16.3. The van der Waals surface area contributed by atoms with Crippen LogP contribution in [-0.2, 0) is 6.42 Å². The smallest absolute Gasteiger partial charge is 0.187 e. The zero-order valence-corrected chi connectivity index (χ0v) is 15.6. The Morgan fingerprint density at radius 1 is 1.27 bits per heavy atom. The van der Waals surface area contributed by atoms with Gasteiger partial charge in [-0.15, -0.1) is 0 Å². The average molecular weight is 345 g/mol. The molecule has 4 heteroatoms. The second-order valence-corrected chi connectivity index (χ2v) is 7.37. The number of ketones is 1. The fraction of sp³-hybridized carbons (Fsp3) is 0.273. The minimum Gasteiger partial charge on any atom is -0.388 e. The minimum absolute atomic E-state index is 0.0766. The minimum atomic E-state index is -0.128. The first-order chi connectivity index (χ1) is 12.3. The average Bonchev–Trinajstić information content (AvgIpc) is 2.60. The van der Waals surface area contributed by atoms with Crippen molar-refractivity contribution in [3.63, 3.8) is 0 Å². The molecule has 0 aliphatic carbocycles. The number of nitriles is 1. The molecule has 0 aromatic heterocycles. The van der Waals surface area contributed by atoms with Gasteiger partial charge in [-0.25, -0.2) is 0 Å². The summed E-state index contributed by atoms with van der Waals surface area (Å²) < 4.78 is 0. The van der Waals surface area contributed by atoms with Crippen molar-refractivity contribution in [2.45, 2.75) is 32.7 Å². The van der Waals surface area contributed by atoms with Crippen LogP contribution in [0.3, 0.4) is 0 Å². The highest BCUT2D eigenvalue weighted by atomic mass is 16.1. The van der Waals surface area contributed by atoms with Crippen LogP contribution < -0.4 is 10.6 Å². The van der Waals surface area contributed by atoms with E-state index in [0.29, 0.717) is 11.1 Å². The first-order valence-corrected chi connectivity index (χ1v) is 8.69. The number of nitrogens with one attached hydrogen (secondary N) is 2. The van der Waals surface area contributed by atoms with E-state index in [2.05, 4.69) is 49.6 Å². The van der Waals surface area contributed by atoms with Gasteiger partial charge in [0, 0.05) is 41.2 Å². The van der Waals surface area contributed by atoms with Gasteiger partial charge in [0.2, 0.25) is 0 Å². The predicted molar refractivity (Wildman–Crippen MR) is 105 cm³/mol. The van der Waals surface area contributed by atoms with Crippen molar-refractivity contribution in [2.75, 3.05) is 12.4 Å². The Labute approximate surface area is 154 Å². The Morgan fingerprint density at radius 2 is 1.96 bits per heavy atom. The number of fused-ring (bicyclic) bond motifs is 1. The molecule has 0 atom stereocenters. The summed E-state index contributed by atoms with van der Waals surface area (Å²) in [5, 5.41) is 15.6. The molecule has 0 saturated heterocycles. The zero-order chi connectivity index (χ0) is 18.9. The van der Waals surface area contributed by atoms with E-state index < -0.39 is 0 Å². The fourth-order valence-corrected chi connectivity index (χ4v) is 3.42. The van der Waals surface area contributed by atoms with Crippen molar-refractivity contribution in [3.05, 3.63) is 70.3 Å². The highest BCUT2D eigenvalue weighted by Gasteiger charge is 2.28. The molecule has 1 aliphatic rings. The van der Waals surface area contributed by atoms with Gasteiger partial charge in [0.25, 0.3) is 0 Å². The number of rotatable bonds is 3. The Balaban J connectivity index is 2.04. The van der Waals surface area contributed by atoms with Crippen LogP contribution in [-0.4, -0.2) is 18.4 Å². The van der Waals surface area contributed by atoms with Gasteiger partial charge >= 0.3 is 0 Å². The molecule has 1 heterocycles. The molecule has 0 radical (unpaired) electrons. The largest absolute Gasteiger partial charge is 0.388 e.